The van der Waals surface area contributed by atoms with Crippen LogP contribution >= 0.6 is 12.0 Å². The molecule has 0 aromatic heterocycles. The standard InChI is InChI=1S/C13H18O9S/c1-6(14)18-5-10-11(19-7(2)15)12(20-8(3)16)13(23-22-10)21-9(4)17/h10-13H,5H2,1-4H3/t10-,11+,12+,13+/m1/s1. The molecule has 0 amide bonds. The van der Waals surface area contributed by atoms with E-state index in [4.69, 9.17) is 23.1 Å². The number of carbonyl (C=O) groups is 4. The maximum atomic E-state index is 11.3. The fraction of sp³-hybridized carbons (Fsp3) is 0.692. The lowest BCUT2D eigenvalue weighted by atomic mass is 10.1. The van der Waals surface area contributed by atoms with E-state index in [2.05, 4.69) is 0 Å². The minimum atomic E-state index is -1.10. The zero-order valence-electron chi connectivity index (χ0n) is 13.1. The molecule has 0 bridgehead atoms. The first-order chi connectivity index (χ1) is 10.7. The molecule has 10 heteroatoms. The average Bonchev–Trinajstić information content (AvgIpc) is 2.39. The van der Waals surface area contributed by atoms with E-state index in [-0.39, 0.29) is 6.61 Å². The second kappa shape index (κ2) is 8.73. The third-order valence-corrected chi connectivity index (χ3v) is 3.48. The molecule has 1 aliphatic heterocycles. The normalized spacial score (nSPS) is 26.8. The smallest absolute Gasteiger partial charge is 0.303 e. The fourth-order valence-electron chi connectivity index (χ4n) is 1.82. The van der Waals surface area contributed by atoms with Crippen LogP contribution in [-0.2, 0) is 42.3 Å². The van der Waals surface area contributed by atoms with Crippen LogP contribution < -0.4 is 0 Å². The van der Waals surface area contributed by atoms with E-state index >= 15 is 0 Å². The van der Waals surface area contributed by atoms with Crippen molar-refractivity contribution in [2.45, 2.75) is 51.4 Å². The van der Waals surface area contributed by atoms with Crippen molar-refractivity contribution in [2.24, 2.45) is 0 Å². The molecular weight excluding hydrogens is 332 g/mol. The van der Waals surface area contributed by atoms with Crippen LogP contribution in [0.4, 0.5) is 0 Å². The molecule has 23 heavy (non-hydrogen) atoms. The molecule has 4 atom stereocenters. The largest absolute Gasteiger partial charge is 0.463 e. The van der Waals surface area contributed by atoms with Gasteiger partial charge in [-0.3, -0.25) is 19.2 Å². The Morgan fingerprint density at radius 1 is 0.826 bits per heavy atom. The van der Waals surface area contributed by atoms with Crippen molar-refractivity contribution in [1.82, 2.24) is 0 Å². The number of rotatable bonds is 5. The van der Waals surface area contributed by atoms with Crippen LogP contribution in [0.15, 0.2) is 0 Å². The Bertz CT molecular complexity index is 478. The summed E-state index contributed by atoms with van der Waals surface area (Å²) >= 11 is 0.729. The summed E-state index contributed by atoms with van der Waals surface area (Å²) in [6.07, 6.45) is -3.08. The van der Waals surface area contributed by atoms with Crippen molar-refractivity contribution < 1.29 is 42.3 Å². The summed E-state index contributed by atoms with van der Waals surface area (Å²) in [5.74, 6) is -2.48. The lowest BCUT2D eigenvalue weighted by molar-refractivity contribution is -0.191. The van der Waals surface area contributed by atoms with Crippen LogP contribution in [0.1, 0.15) is 27.7 Å². The van der Waals surface area contributed by atoms with E-state index in [0.717, 1.165) is 25.9 Å². The van der Waals surface area contributed by atoms with Gasteiger partial charge in [-0.2, -0.15) is 0 Å². The first-order valence-electron chi connectivity index (χ1n) is 6.68. The van der Waals surface area contributed by atoms with Gasteiger partial charge < -0.3 is 23.1 Å². The van der Waals surface area contributed by atoms with Gasteiger partial charge in [-0.15, -0.1) is 0 Å². The fourth-order valence-corrected chi connectivity index (χ4v) is 2.74. The van der Waals surface area contributed by atoms with Crippen molar-refractivity contribution in [3.8, 4) is 0 Å². The molecule has 0 aromatic carbocycles. The monoisotopic (exact) mass is 350 g/mol. The Labute approximate surface area is 137 Å². The van der Waals surface area contributed by atoms with E-state index < -0.39 is 47.6 Å². The number of ether oxygens (including phenoxy) is 4. The van der Waals surface area contributed by atoms with E-state index in [0.29, 0.717) is 0 Å². The molecule has 130 valence electrons. The van der Waals surface area contributed by atoms with Crippen LogP contribution in [0.2, 0.25) is 0 Å². The number of hydrogen-bond donors (Lipinski definition) is 0. The second-order valence-electron chi connectivity index (χ2n) is 4.66. The minimum absolute atomic E-state index is 0.217. The maximum absolute atomic E-state index is 11.3. The van der Waals surface area contributed by atoms with Crippen molar-refractivity contribution >= 4 is 35.9 Å². The van der Waals surface area contributed by atoms with E-state index in [1.165, 1.54) is 13.8 Å². The summed E-state index contributed by atoms with van der Waals surface area (Å²) in [5.41, 5.74) is -1.02. The summed E-state index contributed by atoms with van der Waals surface area (Å²) in [5, 5.41) is 0. The maximum Gasteiger partial charge on any atom is 0.303 e. The molecule has 0 saturated carbocycles. The molecular formula is C13H18O9S. The zero-order chi connectivity index (χ0) is 17.6. The Morgan fingerprint density at radius 2 is 1.35 bits per heavy atom. The Morgan fingerprint density at radius 3 is 1.83 bits per heavy atom. The van der Waals surface area contributed by atoms with Crippen molar-refractivity contribution in [3.63, 3.8) is 0 Å². The Kier molecular flexibility index (Phi) is 7.30. The molecule has 1 fully saturated rings. The lowest BCUT2D eigenvalue weighted by Crippen LogP contribution is -2.54. The summed E-state index contributed by atoms with van der Waals surface area (Å²) in [4.78, 5) is 44.7. The predicted octanol–water partition coefficient (Wildman–Crippen LogP) is 0.349. The van der Waals surface area contributed by atoms with Crippen LogP contribution in [0.25, 0.3) is 0 Å². The molecule has 0 aromatic rings. The van der Waals surface area contributed by atoms with Gasteiger partial charge in [0.2, 0.25) is 5.44 Å². The van der Waals surface area contributed by atoms with E-state index in [1.54, 1.807) is 0 Å². The van der Waals surface area contributed by atoms with Gasteiger partial charge in [0.15, 0.2) is 12.2 Å². The highest BCUT2D eigenvalue weighted by atomic mass is 32.2. The van der Waals surface area contributed by atoms with Crippen LogP contribution in [-0.4, -0.2) is 54.2 Å². The van der Waals surface area contributed by atoms with Crippen molar-refractivity contribution in [1.29, 1.82) is 0 Å². The second-order valence-corrected chi connectivity index (χ2v) is 5.51. The molecule has 1 saturated heterocycles. The van der Waals surface area contributed by atoms with Crippen molar-refractivity contribution in [3.05, 3.63) is 0 Å². The number of esters is 4. The summed E-state index contributed by atoms with van der Waals surface area (Å²) < 4.78 is 25.5. The molecule has 9 nitrogen and oxygen atoms in total. The summed E-state index contributed by atoms with van der Waals surface area (Å²) in [6.45, 7) is 4.50. The van der Waals surface area contributed by atoms with Crippen LogP contribution in [0.5, 0.6) is 0 Å². The quantitative estimate of drug-likeness (QED) is 0.391. The Balaban J connectivity index is 2.98. The summed E-state index contributed by atoms with van der Waals surface area (Å²) in [6, 6.07) is 0. The third-order valence-electron chi connectivity index (χ3n) is 2.57. The molecule has 0 radical (unpaired) electrons. The van der Waals surface area contributed by atoms with Gasteiger partial charge in [0.1, 0.15) is 12.7 Å². The molecule has 0 aliphatic carbocycles. The van der Waals surface area contributed by atoms with Crippen LogP contribution in [0, 0.1) is 0 Å². The van der Waals surface area contributed by atoms with Gasteiger partial charge in [0.25, 0.3) is 0 Å². The SMILES string of the molecule is CC(=O)OC[C@H]1OS[C@H](OC(C)=O)[C@@H](OC(C)=O)[C@H]1OC(C)=O. The Hall–Kier alpha value is -1.81. The molecule has 0 N–H and O–H groups in total. The topological polar surface area (TPSA) is 114 Å². The van der Waals surface area contributed by atoms with Gasteiger partial charge in [-0.05, 0) is 0 Å². The first-order valence-corrected chi connectivity index (χ1v) is 7.48. The molecule has 1 rings (SSSR count). The highest BCUT2D eigenvalue weighted by molar-refractivity contribution is 7.95. The van der Waals surface area contributed by atoms with Gasteiger partial charge in [-0.1, -0.05) is 0 Å². The number of carbonyl (C=O) groups excluding carboxylic acids is 4. The molecule has 0 unspecified atom stereocenters. The molecule has 0 spiro atoms. The van der Waals surface area contributed by atoms with Gasteiger partial charge >= 0.3 is 23.9 Å². The summed E-state index contributed by atoms with van der Waals surface area (Å²) in [7, 11) is 0. The lowest BCUT2D eigenvalue weighted by Gasteiger charge is -2.38. The average molecular weight is 350 g/mol. The van der Waals surface area contributed by atoms with Crippen molar-refractivity contribution in [2.75, 3.05) is 6.61 Å². The molecule has 1 aliphatic rings. The zero-order valence-corrected chi connectivity index (χ0v) is 13.9. The molecule has 1 heterocycles. The highest BCUT2D eigenvalue weighted by Gasteiger charge is 2.48. The van der Waals surface area contributed by atoms with Gasteiger partial charge in [0.05, 0.1) is 0 Å². The highest BCUT2D eigenvalue weighted by Crippen LogP contribution is 2.34. The third kappa shape index (κ3) is 6.45. The van der Waals surface area contributed by atoms with Gasteiger partial charge in [0, 0.05) is 39.7 Å². The van der Waals surface area contributed by atoms with E-state index in [9.17, 15) is 19.2 Å². The predicted molar refractivity (Wildman–Crippen MR) is 75.8 cm³/mol. The van der Waals surface area contributed by atoms with Crippen LogP contribution in [0.3, 0.4) is 0 Å². The minimum Gasteiger partial charge on any atom is -0.463 e. The first kappa shape index (κ1) is 19.2. The van der Waals surface area contributed by atoms with Gasteiger partial charge in [-0.25, -0.2) is 0 Å². The van der Waals surface area contributed by atoms with E-state index in [1.807, 2.05) is 0 Å². The number of hydrogen-bond acceptors (Lipinski definition) is 10.